The van der Waals surface area contributed by atoms with E-state index in [1.807, 2.05) is 59.3 Å². The van der Waals surface area contributed by atoms with Gasteiger partial charge in [0.15, 0.2) is 5.69 Å². The highest BCUT2D eigenvalue weighted by Crippen LogP contribution is 2.32. The second kappa shape index (κ2) is 6.90. The van der Waals surface area contributed by atoms with Crippen LogP contribution in [0.5, 0.6) is 5.75 Å². The maximum atomic E-state index is 6.06. The number of hydrogen-bond acceptors (Lipinski definition) is 7. The summed E-state index contributed by atoms with van der Waals surface area (Å²) < 4.78 is 18.6. The second-order valence-electron chi connectivity index (χ2n) is 6.43. The summed E-state index contributed by atoms with van der Waals surface area (Å²) in [5.74, 6) is 1.65. The van der Waals surface area contributed by atoms with E-state index in [0.29, 0.717) is 30.6 Å². The van der Waals surface area contributed by atoms with Gasteiger partial charge in [-0.3, -0.25) is 0 Å². The third-order valence-corrected chi connectivity index (χ3v) is 4.72. The Morgan fingerprint density at radius 3 is 2.86 bits per heavy atom. The van der Waals surface area contributed by atoms with Crippen LogP contribution in [0.2, 0.25) is 0 Å². The number of fused-ring (bicyclic) bond motifs is 1. The molecule has 0 radical (unpaired) electrons. The highest BCUT2D eigenvalue weighted by atomic mass is 16.5. The molecule has 1 aliphatic heterocycles. The maximum absolute atomic E-state index is 6.06. The zero-order chi connectivity index (χ0) is 18.9. The molecular formula is C20H17N5O3. The lowest BCUT2D eigenvalue weighted by Gasteiger charge is -2.24. The van der Waals surface area contributed by atoms with Crippen molar-refractivity contribution in [2.24, 2.45) is 0 Å². The van der Waals surface area contributed by atoms with Crippen molar-refractivity contribution >= 4 is 0 Å². The van der Waals surface area contributed by atoms with Gasteiger partial charge in [0.05, 0.1) is 26.0 Å². The molecule has 0 saturated heterocycles. The highest BCUT2D eigenvalue weighted by molar-refractivity contribution is 5.58. The molecule has 28 heavy (non-hydrogen) atoms. The van der Waals surface area contributed by atoms with Gasteiger partial charge in [0.25, 0.3) is 5.89 Å². The monoisotopic (exact) mass is 375 g/mol. The van der Waals surface area contributed by atoms with E-state index in [4.69, 9.17) is 14.0 Å². The Bertz CT molecular complexity index is 1110. The molecule has 2 aromatic heterocycles. The van der Waals surface area contributed by atoms with Crippen LogP contribution in [0.25, 0.3) is 23.0 Å². The van der Waals surface area contributed by atoms with E-state index in [1.165, 1.54) is 0 Å². The SMILES string of the molecule is COc1cccc(C2Cn3nnc(-c4nc(-c5ccccc5)no4)c3CO2)c1. The number of aromatic nitrogens is 5. The molecule has 0 amide bonds. The molecule has 0 spiro atoms. The van der Waals surface area contributed by atoms with Crippen molar-refractivity contribution in [1.82, 2.24) is 25.1 Å². The van der Waals surface area contributed by atoms with Gasteiger partial charge < -0.3 is 14.0 Å². The van der Waals surface area contributed by atoms with Crippen molar-refractivity contribution in [1.29, 1.82) is 0 Å². The molecule has 0 aliphatic carbocycles. The zero-order valence-corrected chi connectivity index (χ0v) is 15.1. The number of rotatable bonds is 4. The van der Waals surface area contributed by atoms with E-state index in [1.54, 1.807) is 7.11 Å². The first-order valence-corrected chi connectivity index (χ1v) is 8.89. The van der Waals surface area contributed by atoms with Crippen molar-refractivity contribution in [2.75, 3.05) is 7.11 Å². The molecule has 5 rings (SSSR count). The Kier molecular flexibility index (Phi) is 4.10. The van der Waals surface area contributed by atoms with Gasteiger partial charge in [-0.25, -0.2) is 4.68 Å². The Morgan fingerprint density at radius 1 is 1.11 bits per heavy atom. The van der Waals surface area contributed by atoms with Gasteiger partial charge in [0.2, 0.25) is 5.82 Å². The summed E-state index contributed by atoms with van der Waals surface area (Å²) in [5, 5.41) is 12.6. The summed E-state index contributed by atoms with van der Waals surface area (Å²) in [6.45, 7) is 0.905. The number of nitrogens with zero attached hydrogens (tertiary/aromatic N) is 5. The Labute approximate surface area is 160 Å². The summed E-state index contributed by atoms with van der Waals surface area (Å²) >= 11 is 0. The smallest absolute Gasteiger partial charge is 0.280 e. The van der Waals surface area contributed by atoms with Crippen LogP contribution in [-0.4, -0.2) is 32.2 Å². The van der Waals surface area contributed by atoms with Gasteiger partial charge in [0, 0.05) is 5.56 Å². The van der Waals surface area contributed by atoms with Crippen LogP contribution in [0, 0.1) is 0 Å². The van der Waals surface area contributed by atoms with Crippen molar-refractivity contribution in [3.05, 3.63) is 65.9 Å². The van der Waals surface area contributed by atoms with E-state index in [9.17, 15) is 0 Å². The topological polar surface area (TPSA) is 88.1 Å². The fraction of sp³-hybridized carbons (Fsp3) is 0.200. The van der Waals surface area contributed by atoms with E-state index < -0.39 is 0 Å². The van der Waals surface area contributed by atoms with Gasteiger partial charge in [-0.05, 0) is 17.7 Å². The lowest BCUT2D eigenvalue weighted by Crippen LogP contribution is -2.22. The normalized spacial score (nSPS) is 16.0. The lowest BCUT2D eigenvalue weighted by atomic mass is 10.1. The van der Waals surface area contributed by atoms with Crippen molar-refractivity contribution < 1.29 is 14.0 Å². The minimum Gasteiger partial charge on any atom is -0.497 e. The number of hydrogen-bond donors (Lipinski definition) is 0. The fourth-order valence-electron chi connectivity index (χ4n) is 3.25. The minimum absolute atomic E-state index is 0.125. The van der Waals surface area contributed by atoms with Crippen LogP contribution in [0.15, 0.2) is 59.1 Å². The molecule has 0 N–H and O–H groups in total. The molecule has 4 aromatic rings. The Balaban J connectivity index is 1.41. The molecule has 2 aromatic carbocycles. The Morgan fingerprint density at radius 2 is 2.00 bits per heavy atom. The Hall–Kier alpha value is -3.52. The van der Waals surface area contributed by atoms with E-state index in [0.717, 1.165) is 22.6 Å². The first-order valence-electron chi connectivity index (χ1n) is 8.89. The van der Waals surface area contributed by atoms with Gasteiger partial charge in [-0.1, -0.05) is 52.8 Å². The highest BCUT2D eigenvalue weighted by Gasteiger charge is 2.28. The van der Waals surface area contributed by atoms with Gasteiger partial charge in [-0.15, -0.1) is 5.10 Å². The summed E-state index contributed by atoms with van der Waals surface area (Å²) in [4.78, 5) is 4.47. The summed E-state index contributed by atoms with van der Waals surface area (Å²) in [5.41, 5.74) is 3.29. The minimum atomic E-state index is -0.125. The lowest BCUT2D eigenvalue weighted by molar-refractivity contribution is -0.00127. The molecule has 0 saturated carbocycles. The van der Waals surface area contributed by atoms with Crippen LogP contribution in [-0.2, 0) is 17.9 Å². The molecule has 0 fully saturated rings. The molecule has 8 nitrogen and oxygen atoms in total. The third-order valence-electron chi connectivity index (χ3n) is 4.72. The van der Waals surface area contributed by atoms with Crippen LogP contribution >= 0.6 is 0 Å². The number of methoxy groups -OCH3 is 1. The largest absolute Gasteiger partial charge is 0.497 e. The average molecular weight is 375 g/mol. The predicted molar refractivity (Wildman–Crippen MR) is 99.3 cm³/mol. The molecule has 1 unspecified atom stereocenters. The van der Waals surface area contributed by atoms with E-state index >= 15 is 0 Å². The average Bonchev–Trinajstić information content (AvgIpc) is 3.41. The van der Waals surface area contributed by atoms with Crippen LogP contribution in [0.3, 0.4) is 0 Å². The molecule has 140 valence electrons. The van der Waals surface area contributed by atoms with Crippen LogP contribution in [0.4, 0.5) is 0 Å². The standard InChI is InChI=1S/C20H17N5O3/c1-26-15-9-5-8-14(10-15)17-11-25-16(12-27-17)18(22-24-25)20-21-19(23-28-20)13-6-3-2-4-7-13/h2-10,17H,11-12H2,1H3. The summed E-state index contributed by atoms with van der Waals surface area (Å²) in [6, 6.07) is 17.5. The maximum Gasteiger partial charge on any atom is 0.280 e. The number of benzene rings is 2. The first-order chi connectivity index (χ1) is 13.8. The first kappa shape index (κ1) is 16.6. The van der Waals surface area contributed by atoms with Gasteiger partial charge >= 0.3 is 0 Å². The van der Waals surface area contributed by atoms with Crippen LogP contribution < -0.4 is 4.74 Å². The van der Waals surface area contributed by atoms with Crippen molar-refractivity contribution in [3.63, 3.8) is 0 Å². The van der Waals surface area contributed by atoms with Crippen molar-refractivity contribution in [2.45, 2.75) is 19.3 Å². The molecule has 1 aliphatic rings. The summed E-state index contributed by atoms with van der Waals surface area (Å²) in [6.07, 6.45) is -0.125. The quantitative estimate of drug-likeness (QED) is 0.541. The summed E-state index contributed by atoms with van der Waals surface area (Å²) in [7, 11) is 1.65. The van der Waals surface area contributed by atoms with E-state index in [2.05, 4.69) is 20.5 Å². The van der Waals surface area contributed by atoms with Crippen LogP contribution in [0.1, 0.15) is 17.4 Å². The van der Waals surface area contributed by atoms with Gasteiger partial charge in [0.1, 0.15) is 11.9 Å². The molecule has 3 heterocycles. The molecule has 1 atom stereocenters. The number of ether oxygens (including phenoxy) is 2. The fourth-order valence-corrected chi connectivity index (χ4v) is 3.25. The molecule has 0 bridgehead atoms. The molecular weight excluding hydrogens is 358 g/mol. The van der Waals surface area contributed by atoms with Crippen molar-refractivity contribution in [3.8, 4) is 28.7 Å². The zero-order valence-electron chi connectivity index (χ0n) is 15.1. The second-order valence-corrected chi connectivity index (χ2v) is 6.43. The van der Waals surface area contributed by atoms with E-state index in [-0.39, 0.29) is 6.10 Å². The van der Waals surface area contributed by atoms with Gasteiger partial charge in [-0.2, -0.15) is 4.98 Å². The molecule has 8 heteroatoms. The predicted octanol–water partition coefficient (Wildman–Crippen LogP) is 3.28. The third kappa shape index (κ3) is 2.93.